The predicted octanol–water partition coefficient (Wildman–Crippen LogP) is 2.84. The number of anilines is 2. The van der Waals surface area contributed by atoms with Gasteiger partial charge in [-0.3, -0.25) is 19.4 Å². The van der Waals surface area contributed by atoms with E-state index in [2.05, 4.69) is 22.2 Å². The summed E-state index contributed by atoms with van der Waals surface area (Å²) in [7, 11) is 2.11. The molecule has 40 heavy (non-hydrogen) atoms. The summed E-state index contributed by atoms with van der Waals surface area (Å²) in [5, 5.41) is 3.24. The summed E-state index contributed by atoms with van der Waals surface area (Å²) in [6, 6.07) is 13.0. The van der Waals surface area contributed by atoms with Crippen molar-refractivity contribution in [3.8, 4) is 5.75 Å². The molecule has 0 bridgehead atoms. The van der Waals surface area contributed by atoms with Gasteiger partial charge in [-0.05, 0) is 81.6 Å². The van der Waals surface area contributed by atoms with E-state index in [1.165, 1.54) is 4.90 Å². The molecule has 2 aromatic carbocycles. The third kappa shape index (κ3) is 7.15. The molecule has 10 nitrogen and oxygen atoms in total. The average molecular weight is 568 g/mol. The Bertz CT molecular complexity index is 1200. The molecular weight excluding hydrogens is 530 g/mol. The topological polar surface area (TPSA) is 94.7 Å². The van der Waals surface area contributed by atoms with Crippen LogP contribution in [-0.4, -0.2) is 103 Å². The van der Waals surface area contributed by atoms with Crippen LogP contribution in [0.25, 0.3) is 0 Å². The van der Waals surface area contributed by atoms with Gasteiger partial charge < -0.3 is 24.6 Å². The van der Waals surface area contributed by atoms with Crippen LogP contribution in [0.3, 0.4) is 0 Å². The molecule has 2 aliphatic rings. The molecule has 2 aromatic rings. The van der Waals surface area contributed by atoms with E-state index in [4.69, 9.17) is 21.7 Å². The fraction of sp³-hybridized carbons (Fsp3) is 0.448. The Morgan fingerprint density at radius 2 is 1.62 bits per heavy atom. The van der Waals surface area contributed by atoms with Crippen molar-refractivity contribution in [1.82, 2.24) is 14.7 Å². The highest BCUT2D eigenvalue weighted by Crippen LogP contribution is 2.28. The molecule has 214 valence electrons. The number of ether oxygens (including phenoxy) is 2. The third-order valence-corrected chi connectivity index (χ3v) is 7.45. The number of nitrogens with zero attached hydrogens (tertiary/aromatic N) is 4. The molecule has 0 unspecified atom stereocenters. The van der Waals surface area contributed by atoms with Crippen LogP contribution in [0.5, 0.6) is 5.75 Å². The first-order valence-electron chi connectivity index (χ1n) is 13.7. The SMILES string of the molecule is CCOC(=O)c1ccc(N2C(=O)[C@H](CC(=O)Nc3ccc(OCC)cc3)N(CCN3CCN(C)CC3)C2=S)cc1. The van der Waals surface area contributed by atoms with E-state index in [1.807, 2.05) is 11.8 Å². The number of nitrogens with one attached hydrogen (secondary N) is 1. The van der Waals surface area contributed by atoms with Crippen molar-refractivity contribution in [3.63, 3.8) is 0 Å². The lowest BCUT2D eigenvalue weighted by molar-refractivity contribution is -0.124. The molecule has 0 aliphatic carbocycles. The van der Waals surface area contributed by atoms with E-state index < -0.39 is 12.0 Å². The van der Waals surface area contributed by atoms with Gasteiger partial charge in [0.05, 0.1) is 30.9 Å². The smallest absolute Gasteiger partial charge is 0.338 e. The molecule has 1 N–H and O–H groups in total. The largest absolute Gasteiger partial charge is 0.494 e. The van der Waals surface area contributed by atoms with Crippen molar-refractivity contribution in [1.29, 1.82) is 0 Å². The fourth-order valence-electron chi connectivity index (χ4n) is 4.80. The molecule has 2 saturated heterocycles. The Labute approximate surface area is 240 Å². The summed E-state index contributed by atoms with van der Waals surface area (Å²) in [5.74, 6) is -0.262. The number of esters is 1. The van der Waals surface area contributed by atoms with Gasteiger partial charge in [-0.2, -0.15) is 0 Å². The summed E-state index contributed by atoms with van der Waals surface area (Å²) in [6.45, 7) is 9.58. The number of hydrogen-bond acceptors (Lipinski definition) is 8. The minimum atomic E-state index is -0.743. The standard InChI is InChI=1S/C29H37N5O5S/c1-4-38-24-12-8-22(9-13-24)30-26(35)20-25-27(36)34(23-10-6-21(7-11-23)28(37)39-5-2)29(40)33(25)19-18-32-16-14-31(3)15-17-32/h6-13,25H,4-5,14-20H2,1-3H3,(H,30,35)/t25-/m0/s1. The highest BCUT2D eigenvalue weighted by Gasteiger charge is 2.44. The van der Waals surface area contributed by atoms with E-state index in [0.717, 1.165) is 38.5 Å². The zero-order valence-corrected chi connectivity index (χ0v) is 24.1. The van der Waals surface area contributed by atoms with Gasteiger partial charge in [-0.25, -0.2) is 4.79 Å². The molecule has 2 heterocycles. The Hall–Kier alpha value is -3.54. The monoisotopic (exact) mass is 567 g/mol. The van der Waals surface area contributed by atoms with Crippen LogP contribution in [0.15, 0.2) is 48.5 Å². The maximum atomic E-state index is 13.7. The number of thiocarbonyl (C=S) groups is 1. The molecule has 0 aromatic heterocycles. The number of rotatable bonds is 11. The molecule has 0 saturated carbocycles. The van der Waals surface area contributed by atoms with Gasteiger partial charge in [0, 0.05) is 45.0 Å². The molecule has 0 spiro atoms. The van der Waals surface area contributed by atoms with Crippen LogP contribution in [0, 0.1) is 0 Å². The van der Waals surface area contributed by atoms with Crippen LogP contribution in [-0.2, 0) is 14.3 Å². The van der Waals surface area contributed by atoms with Crippen molar-refractivity contribution >= 4 is 46.5 Å². The second-order valence-electron chi connectivity index (χ2n) is 9.79. The Kier molecular flexibility index (Phi) is 10.1. The highest BCUT2D eigenvalue weighted by atomic mass is 32.1. The van der Waals surface area contributed by atoms with Crippen LogP contribution in [0.1, 0.15) is 30.6 Å². The normalized spacial score (nSPS) is 18.2. The first-order valence-corrected chi connectivity index (χ1v) is 14.1. The Balaban J connectivity index is 1.50. The van der Waals surface area contributed by atoms with E-state index in [0.29, 0.717) is 35.2 Å². The lowest BCUT2D eigenvalue weighted by atomic mass is 10.1. The quantitative estimate of drug-likeness (QED) is 0.325. The fourth-order valence-corrected chi connectivity index (χ4v) is 5.21. The molecule has 4 rings (SSSR count). The number of piperazine rings is 1. The molecule has 2 amide bonds. The summed E-state index contributed by atoms with van der Waals surface area (Å²) >= 11 is 5.80. The van der Waals surface area contributed by atoms with E-state index >= 15 is 0 Å². The van der Waals surface area contributed by atoms with Crippen LogP contribution in [0.2, 0.25) is 0 Å². The Morgan fingerprint density at radius 3 is 2.25 bits per heavy atom. The van der Waals surface area contributed by atoms with Gasteiger partial charge >= 0.3 is 5.97 Å². The highest BCUT2D eigenvalue weighted by molar-refractivity contribution is 7.80. The van der Waals surface area contributed by atoms with Crippen molar-refractivity contribution in [3.05, 3.63) is 54.1 Å². The Morgan fingerprint density at radius 1 is 0.950 bits per heavy atom. The van der Waals surface area contributed by atoms with Crippen molar-refractivity contribution in [2.75, 3.05) is 69.7 Å². The minimum absolute atomic E-state index is 0.0493. The maximum absolute atomic E-state index is 13.7. The van der Waals surface area contributed by atoms with Crippen LogP contribution >= 0.6 is 12.2 Å². The summed E-state index contributed by atoms with van der Waals surface area (Å²) in [4.78, 5) is 46.9. The number of carbonyl (C=O) groups is 3. The van der Waals surface area contributed by atoms with Crippen molar-refractivity contribution < 1.29 is 23.9 Å². The molecule has 2 aliphatic heterocycles. The lowest BCUT2D eigenvalue weighted by Gasteiger charge is -2.34. The molecular formula is C29H37N5O5S. The zero-order valence-electron chi connectivity index (χ0n) is 23.3. The van der Waals surface area contributed by atoms with Gasteiger partial charge in [0.25, 0.3) is 5.91 Å². The number of likely N-dealkylation sites (N-methyl/N-ethyl adjacent to an activating group) is 1. The minimum Gasteiger partial charge on any atom is -0.494 e. The van der Waals surface area contributed by atoms with E-state index in [9.17, 15) is 14.4 Å². The van der Waals surface area contributed by atoms with Gasteiger partial charge in [0.15, 0.2) is 5.11 Å². The van der Waals surface area contributed by atoms with Gasteiger partial charge in [0.2, 0.25) is 5.91 Å². The third-order valence-electron chi connectivity index (χ3n) is 7.04. The summed E-state index contributed by atoms with van der Waals surface area (Å²) in [5.41, 5.74) is 1.56. The lowest BCUT2D eigenvalue weighted by Crippen LogP contribution is -2.48. The predicted molar refractivity (Wildman–Crippen MR) is 158 cm³/mol. The first kappa shape index (κ1) is 29.4. The molecule has 1 atom stereocenters. The maximum Gasteiger partial charge on any atom is 0.338 e. The molecule has 11 heteroatoms. The molecule has 0 radical (unpaired) electrons. The van der Waals surface area contributed by atoms with Crippen molar-refractivity contribution in [2.45, 2.75) is 26.3 Å². The van der Waals surface area contributed by atoms with Crippen LogP contribution < -0.4 is 15.0 Å². The summed E-state index contributed by atoms with van der Waals surface area (Å²) < 4.78 is 10.5. The van der Waals surface area contributed by atoms with E-state index in [1.54, 1.807) is 55.5 Å². The number of hydrogen-bond donors (Lipinski definition) is 1. The van der Waals surface area contributed by atoms with E-state index in [-0.39, 0.29) is 24.8 Å². The number of carbonyl (C=O) groups excluding carboxylic acids is 3. The number of benzene rings is 2. The first-order chi connectivity index (χ1) is 19.3. The second kappa shape index (κ2) is 13.7. The van der Waals surface area contributed by atoms with Crippen LogP contribution in [0.4, 0.5) is 11.4 Å². The second-order valence-corrected chi connectivity index (χ2v) is 10.2. The zero-order chi connectivity index (χ0) is 28.6. The number of amides is 2. The van der Waals surface area contributed by atoms with Gasteiger partial charge in [-0.1, -0.05) is 0 Å². The van der Waals surface area contributed by atoms with Gasteiger partial charge in [-0.15, -0.1) is 0 Å². The summed E-state index contributed by atoms with van der Waals surface area (Å²) in [6.07, 6.45) is -0.0493. The average Bonchev–Trinajstić information content (AvgIpc) is 3.17. The van der Waals surface area contributed by atoms with Crippen molar-refractivity contribution in [2.24, 2.45) is 0 Å². The van der Waals surface area contributed by atoms with Gasteiger partial charge in [0.1, 0.15) is 11.8 Å². The molecule has 2 fully saturated rings.